The molecular formula is C30H46O4. The number of carboxylic acid groups (broad SMARTS) is 1. The minimum atomic E-state index is -1.00. The average molecular weight is 471 g/mol. The van der Waals surface area contributed by atoms with Gasteiger partial charge in [-0.3, -0.25) is 4.79 Å². The molecule has 0 radical (unpaired) electrons. The summed E-state index contributed by atoms with van der Waals surface area (Å²) >= 11 is 0. The van der Waals surface area contributed by atoms with Crippen LogP contribution < -0.4 is 0 Å². The van der Waals surface area contributed by atoms with Crippen molar-refractivity contribution in [1.82, 2.24) is 0 Å². The van der Waals surface area contributed by atoms with Crippen LogP contribution in [0.2, 0.25) is 0 Å². The Kier molecular flexibility index (Phi) is 5.53. The number of fused-ring (bicyclic) bond motifs is 2. The van der Waals surface area contributed by atoms with Crippen molar-refractivity contribution in [1.29, 1.82) is 0 Å². The molecule has 5 aliphatic rings. The first kappa shape index (κ1) is 24.5. The van der Waals surface area contributed by atoms with Gasteiger partial charge in [-0.15, -0.1) is 0 Å². The van der Waals surface area contributed by atoms with Gasteiger partial charge in [-0.05, 0) is 110 Å². The lowest BCUT2D eigenvalue weighted by molar-refractivity contribution is -0.157. The Morgan fingerprint density at radius 2 is 1.68 bits per heavy atom. The van der Waals surface area contributed by atoms with Crippen LogP contribution in [-0.2, 0) is 9.59 Å². The molecule has 0 saturated heterocycles. The largest absolute Gasteiger partial charge is 0.478 e. The Morgan fingerprint density at radius 3 is 2.35 bits per heavy atom. The first-order valence-corrected chi connectivity index (χ1v) is 14.0. The number of Topliss-reactive ketones (excluding diaryl/α,β-unsaturated/α-hetero) is 1. The van der Waals surface area contributed by atoms with E-state index in [4.69, 9.17) is 0 Å². The quantitative estimate of drug-likeness (QED) is 0.440. The number of carboxylic acids is 1. The molecule has 0 heterocycles. The van der Waals surface area contributed by atoms with E-state index in [1.165, 1.54) is 44.9 Å². The van der Waals surface area contributed by atoms with E-state index < -0.39 is 12.6 Å². The number of aliphatic carboxylic acids is 1. The molecule has 0 amide bonds. The van der Waals surface area contributed by atoms with Gasteiger partial charge >= 0.3 is 5.97 Å². The normalized spacial score (nSPS) is 47.8. The SMILES string of the molecule is C[C@H](CC/C=C(\CO)C(=O)O)[C@H]1CC[C@@]2(C)[C@@H]3CC[C@H]4C(C)(C)C(=O)CC[C@@]45C[C@@]35CC[C@]12C. The highest BCUT2D eigenvalue weighted by Gasteiger charge is 2.82. The van der Waals surface area contributed by atoms with Gasteiger partial charge in [-0.1, -0.05) is 40.7 Å². The molecule has 5 saturated carbocycles. The summed E-state index contributed by atoms with van der Waals surface area (Å²) in [6.45, 7) is 11.7. The monoisotopic (exact) mass is 470 g/mol. The van der Waals surface area contributed by atoms with Gasteiger partial charge in [0.05, 0.1) is 12.2 Å². The molecule has 4 heteroatoms. The van der Waals surface area contributed by atoms with Crippen molar-refractivity contribution in [2.75, 3.05) is 6.61 Å². The molecule has 0 aliphatic heterocycles. The first-order chi connectivity index (χ1) is 15.9. The van der Waals surface area contributed by atoms with Crippen molar-refractivity contribution in [3.05, 3.63) is 11.6 Å². The summed E-state index contributed by atoms with van der Waals surface area (Å²) in [4.78, 5) is 24.1. The number of ketones is 1. The summed E-state index contributed by atoms with van der Waals surface area (Å²) in [6, 6.07) is 0. The average Bonchev–Trinajstić information content (AvgIpc) is 3.36. The first-order valence-electron chi connectivity index (χ1n) is 14.0. The Labute approximate surface area is 206 Å². The Balaban J connectivity index is 1.36. The third-order valence-corrected chi connectivity index (χ3v) is 13.1. The molecule has 4 nitrogen and oxygen atoms in total. The van der Waals surface area contributed by atoms with Crippen molar-refractivity contribution in [3.8, 4) is 0 Å². The highest BCUT2D eigenvalue weighted by atomic mass is 16.4. The van der Waals surface area contributed by atoms with Gasteiger partial charge < -0.3 is 10.2 Å². The predicted octanol–water partition coefficient (Wildman–Crippen LogP) is 6.41. The molecule has 2 spiro atoms. The van der Waals surface area contributed by atoms with Crippen molar-refractivity contribution in [2.24, 2.45) is 50.7 Å². The van der Waals surface area contributed by atoms with Crippen LogP contribution in [0.5, 0.6) is 0 Å². The second-order valence-corrected chi connectivity index (χ2v) is 14.0. The van der Waals surface area contributed by atoms with Crippen LogP contribution >= 0.6 is 0 Å². The molecule has 0 aromatic rings. The van der Waals surface area contributed by atoms with E-state index in [2.05, 4.69) is 34.6 Å². The van der Waals surface area contributed by atoms with E-state index in [1.54, 1.807) is 6.08 Å². The molecule has 0 aromatic heterocycles. The number of aliphatic hydroxyl groups excluding tert-OH is 1. The Hall–Kier alpha value is -1.16. The van der Waals surface area contributed by atoms with E-state index in [9.17, 15) is 19.8 Å². The van der Waals surface area contributed by atoms with Gasteiger partial charge in [-0.2, -0.15) is 0 Å². The van der Waals surface area contributed by atoms with Crippen molar-refractivity contribution >= 4 is 11.8 Å². The lowest BCUT2D eigenvalue weighted by Gasteiger charge is -2.62. The highest BCUT2D eigenvalue weighted by Crippen LogP contribution is 2.88. The number of carbonyl (C=O) groups excluding carboxylic acids is 1. The Morgan fingerprint density at radius 1 is 1.00 bits per heavy atom. The summed E-state index contributed by atoms with van der Waals surface area (Å²) in [6.07, 6.45) is 14.6. The molecule has 0 aromatic carbocycles. The maximum Gasteiger partial charge on any atom is 0.333 e. The van der Waals surface area contributed by atoms with Crippen molar-refractivity contribution in [2.45, 2.75) is 105 Å². The zero-order chi connectivity index (χ0) is 24.7. The van der Waals surface area contributed by atoms with Crippen LogP contribution in [0, 0.1) is 50.7 Å². The Bertz CT molecular complexity index is 919. The van der Waals surface area contributed by atoms with Gasteiger partial charge in [0.15, 0.2) is 0 Å². The van der Waals surface area contributed by atoms with Gasteiger partial charge in [0.25, 0.3) is 0 Å². The minimum Gasteiger partial charge on any atom is -0.478 e. The summed E-state index contributed by atoms with van der Waals surface area (Å²) < 4.78 is 0. The third-order valence-electron chi connectivity index (χ3n) is 13.1. The fourth-order valence-electron chi connectivity index (χ4n) is 11.1. The summed E-state index contributed by atoms with van der Waals surface area (Å²) in [7, 11) is 0. The maximum absolute atomic E-state index is 12.8. The van der Waals surface area contributed by atoms with E-state index in [0.717, 1.165) is 31.6 Å². The molecule has 5 aliphatic carbocycles. The fourth-order valence-corrected chi connectivity index (χ4v) is 11.1. The van der Waals surface area contributed by atoms with Crippen LogP contribution in [0.1, 0.15) is 105 Å². The van der Waals surface area contributed by atoms with Crippen LogP contribution in [0.3, 0.4) is 0 Å². The molecule has 5 rings (SSSR count). The molecular weight excluding hydrogens is 424 g/mol. The molecule has 190 valence electrons. The van der Waals surface area contributed by atoms with E-state index in [-0.39, 0.29) is 11.0 Å². The number of aliphatic hydroxyl groups is 1. The maximum atomic E-state index is 12.8. The molecule has 34 heavy (non-hydrogen) atoms. The minimum absolute atomic E-state index is 0.124. The standard InChI is InChI=1S/C30H46O4/c1-19(7-6-8-20(17-31)25(33)34)21-11-13-28(5)23-10-9-22-26(2,3)24(32)12-14-29(22)18-30(23,29)16-15-27(21,28)4/h8,19,21-23,31H,6-7,9-18H2,1-5H3,(H,33,34)/b20-8+/t19-,21-,22+,23+,27-,28+,29-,30+/m1/s1. The molecule has 5 fully saturated rings. The number of carbonyl (C=O) groups is 2. The molecule has 8 atom stereocenters. The van der Waals surface area contributed by atoms with Crippen LogP contribution in [0.4, 0.5) is 0 Å². The number of allylic oxidation sites excluding steroid dienone is 1. The van der Waals surface area contributed by atoms with Gasteiger partial charge in [0.1, 0.15) is 5.78 Å². The lowest BCUT2D eigenvalue weighted by Crippen LogP contribution is -2.57. The van der Waals surface area contributed by atoms with Crippen LogP contribution in [-0.4, -0.2) is 28.6 Å². The predicted molar refractivity (Wildman–Crippen MR) is 133 cm³/mol. The topological polar surface area (TPSA) is 74.6 Å². The fraction of sp³-hybridized carbons (Fsp3) is 0.867. The number of hydrogen-bond acceptors (Lipinski definition) is 3. The highest BCUT2D eigenvalue weighted by molar-refractivity contribution is 5.86. The second-order valence-electron chi connectivity index (χ2n) is 14.0. The zero-order valence-electron chi connectivity index (χ0n) is 22.1. The third kappa shape index (κ3) is 2.93. The second kappa shape index (κ2) is 7.67. The van der Waals surface area contributed by atoms with Gasteiger partial charge in [-0.25, -0.2) is 4.79 Å². The molecule has 2 N–H and O–H groups in total. The lowest BCUT2D eigenvalue weighted by atomic mass is 9.42. The summed E-state index contributed by atoms with van der Waals surface area (Å²) in [5.41, 5.74) is 1.62. The summed E-state index contributed by atoms with van der Waals surface area (Å²) in [5, 5.41) is 18.5. The van der Waals surface area contributed by atoms with E-state index >= 15 is 0 Å². The van der Waals surface area contributed by atoms with E-state index in [0.29, 0.717) is 45.2 Å². The van der Waals surface area contributed by atoms with E-state index in [1.807, 2.05) is 0 Å². The summed E-state index contributed by atoms with van der Waals surface area (Å²) in [5.74, 6) is 2.12. The number of rotatable bonds is 6. The molecule has 0 unspecified atom stereocenters. The zero-order valence-corrected chi connectivity index (χ0v) is 22.1. The van der Waals surface area contributed by atoms with Crippen LogP contribution in [0.25, 0.3) is 0 Å². The van der Waals surface area contributed by atoms with Crippen molar-refractivity contribution in [3.63, 3.8) is 0 Å². The van der Waals surface area contributed by atoms with Crippen molar-refractivity contribution < 1.29 is 19.8 Å². The van der Waals surface area contributed by atoms with Crippen LogP contribution in [0.15, 0.2) is 11.6 Å². The number of hydrogen-bond donors (Lipinski definition) is 2. The molecule has 0 bridgehead atoms. The van der Waals surface area contributed by atoms with Gasteiger partial charge in [0.2, 0.25) is 0 Å². The van der Waals surface area contributed by atoms with Gasteiger partial charge in [0, 0.05) is 11.8 Å². The smallest absolute Gasteiger partial charge is 0.333 e.